The SMILES string of the molecule is C/C(=C/C(=O)c1ccc(C(F)(F)F)cc1)NC(C)C(=O)O. The monoisotopic (exact) mass is 301 g/mol. The second-order valence-corrected chi connectivity index (χ2v) is 4.47. The molecule has 0 bridgehead atoms. The first kappa shape index (κ1) is 16.7. The normalized spacial score (nSPS) is 13.7. The summed E-state index contributed by atoms with van der Waals surface area (Å²) in [7, 11) is 0. The van der Waals surface area contributed by atoms with Gasteiger partial charge in [-0.25, -0.2) is 0 Å². The van der Waals surface area contributed by atoms with Crippen LogP contribution in [0.2, 0.25) is 0 Å². The van der Waals surface area contributed by atoms with E-state index in [1.54, 1.807) is 0 Å². The van der Waals surface area contributed by atoms with Gasteiger partial charge < -0.3 is 10.4 Å². The number of carboxylic acids is 1. The molecule has 0 saturated heterocycles. The fourth-order valence-corrected chi connectivity index (χ4v) is 1.55. The molecule has 0 spiro atoms. The molecule has 1 atom stereocenters. The van der Waals surface area contributed by atoms with Gasteiger partial charge in [-0.05, 0) is 26.0 Å². The molecule has 1 unspecified atom stereocenters. The third-order valence-electron chi connectivity index (χ3n) is 2.66. The van der Waals surface area contributed by atoms with Crippen LogP contribution in [0.15, 0.2) is 36.0 Å². The van der Waals surface area contributed by atoms with Crippen molar-refractivity contribution in [1.29, 1.82) is 0 Å². The van der Waals surface area contributed by atoms with Crippen LogP contribution in [0.25, 0.3) is 0 Å². The molecule has 21 heavy (non-hydrogen) atoms. The van der Waals surface area contributed by atoms with E-state index in [1.165, 1.54) is 13.8 Å². The average Bonchev–Trinajstić information content (AvgIpc) is 2.37. The molecule has 2 N–H and O–H groups in total. The fraction of sp³-hybridized carbons (Fsp3) is 0.286. The Bertz CT molecular complexity index is 562. The molecular formula is C14H14F3NO3. The third kappa shape index (κ3) is 4.94. The van der Waals surface area contributed by atoms with Gasteiger partial charge in [0.05, 0.1) is 5.56 Å². The van der Waals surface area contributed by atoms with Crippen LogP contribution in [-0.4, -0.2) is 22.9 Å². The van der Waals surface area contributed by atoms with Crippen LogP contribution >= 0.6 is 0 Å². The Labute approximate surface area is 119 Å². The second-order valence-electron chi connectivity index (χ2n) is 4.47. The standard InChI is InChI=1S/C14H14F3NO3/c1-8(18-9(2)13(20)21)7-12(19)10-3-5-11(6-4-10)14(15,16)17/h3-7,9,18H,1-2H3,(H,20,21)/b8-7-. The second kappa shape index (κ2) is 6.43. The summed E-state index contributed by atoms with van der Waals surface area (Å²) in [6.45, 7) is 2.91. The zero-order valence-corrected chi connectivity index (χ0v) is 11.4. The van der Waals surface area contributed by atoms with Gasteiger partial charge in [0, 0.05) is 17.3 Å². The molecule has 114 valence electrons. The molecular weight excluding hydrogens is 287 g/mol. The Balaban J connectivity index is 2.82. The summed E-state index contributed by atoms with van der Waals surface area (Å²) in [6.07, 6.45) is -3.31. The number of alkyl halides is 3. The molecule has 1 rings (SSSR count). The lowest BCUT2D eigenvalue weighted by Crippen LogP contribution is -2.32. The molecule has 0 heterocycles. The Kier molecular flexibility index (Phi) is 5.12. The van der Waals surface area contributed by atoms with E-state index in [2.05, 4.69) is 5.32 Å². The van der Waals surface area contributed by atoms with Gasteiger partial charge in [-0.3, -0.25) is 9.59 Å². The van der Waals surface area contributed by atoms with Crippen molar-refractivity contribution in [1.82, 2.24) is 5.32 Å². The summed E-state index contributed by atoms with van der Waals surface area (Å²) >= 11 is 0. The summed E-state index contributed by atoms with van der Waals surface area (Å²) < 4.78 is 37.2. The van der Waals surface area contributed by atoms with Crippen molar-refractivity contribution >= 4 is 11.8 Å². The van der Waals surface area contributed by atoms with Crippen molar-refractivity contribution in [3.8, 4) is 0 Å². The molecule has 1 aromatic rings. The zero-order valence-electron chi connectivity index (χ0n) is 11.4. The van der Waals surface area contributed by atoms with Crippen LogP contribution in [0.4, 0.5) is 13.2 Å². The van der Waals surface area contributed by atoms with Gasteiger partial charge in [-0.1, -0.05) is 12.1 Å². The maximum Gasteiger partial charge on any atom is 0.416 e. The number of rotatable bonds is 5. The number of hydrogen-bond donors (Lipinski definition) is 2. The molecule has 1 aromatic carbocycles. The van der Waals surface area contributed by atoms with Crippen LogP contribution in [0.5, 0.6) is 0 Å². The number of ketones is 1. The summed E-state index contributed by atoms with van der Waals surface area (Å²) in [4.78, 5) is 22.5. The Morgan fingerprint density at radius 2 is 1.76 bits per heavy atom. The Morgan fingerprint density at radius 3 is 2.19 bits per heavy atom. The highest BCUT2D eigenvalue weighted by Crippen LogP contribution is 2.29. The highest BCUT2D eigenvalue weighted by atomic mass is 19.4. The number of benzene rings is 1. The van der Waals surface area contributed by atoms with Crippen molar-refractivity contribution in [2.24, 2.45) is 0 Å². The zero-order chi connectivity index (χ0) is 16.2. The van der Waals surface area contributed by atoms with Crippen LogP contribution in [-0.2, 0) is 11.0 Å². The molecule has 4 nitrogen and oxygen atoms in total. The lowest BCUT2D eigenvalue weighted by Gasteiger charge is -2.10. The topological polar surface area (TPSA) is 66.4 Å². The van der Waals surface area contributed by atoms with Gasteiger partial charge in [0.1, 0.15) is 6.04 Å². The minimum atomic E-state index is -4.45. The molecule has 0 amide bonds. The number of hydrogen-bond acceptors (Lipinski definition) is 3. The molecule has 0 aromatic heterocycles. The summed E-state index contributed by atoms with van der Waals surface area (Å²) in [5.41, 5.74) is -0.431. The van der Waals surface area contributed by atoms with Crippen LogP contribution in [0.3, 0.4) is 0 Å². The van der Waals surface area contributed by atoms with Gasteiger partial charge in [0.2, 0.25) is 0 Å². The van der Waals surface area contributed by atoms with E-state index >= 15 is 0 Å². The van der Waals surface area contributed by atoms with Crippen molar-refractivity contribution in [2.75, 3.05) is 0 Å². The van der Waals surface area contributed by atoms with E-state index in [0.29, 0.717) is 5.70 Å². The smallest absolute Gasteiger partial charge is 0.416 e. The lowest BCUT2D eigenvalue weighted by molar-refractivity contribution is -0.139. The van der Waals surface area contributed by atoms with Crippen molar-refractivity contribution in [2.45, 2.75) is 26.1 Å². The Hall–Kier alpha value is -2.31. The quantitative estimate of drug-likeness (QED) is 0.648. The molecule has 0 saturated carbocycles. The summed E-state index contributed by atoms with van der Waals surface area (Å²) in [5, 5.41) is 11.3. The van der Waals surface area contributed by atoms with Gasteiger partial charge in [0.15, 0.2) is 5.78 Å². The molecule has 0 radical (unpaired) electrons. The van der Waals surface area contributed by atoms with E-state index in [4.69, 9.17) is 5.11 Å². The molecule has 7 heteroatoms. The van der Waals surface area contributed by atoms with Crippen LogP contribution < -0.4 is 5.32 Å². The number of nitrogens with one attached hydrogen (secondary N) is 1. The van der Waals surface area contributed by atoms with Gasteiger partial charge in [-0.2, -0.15) is 13.2 Å². The number of allylic oxidation sites excluding steroid dienone is 2. The van der Waals surface area contributed by atoms with Crippen molar-refractivity contribution < 1.29 is 27.9 Å². The Morgan fingerprint density at radius 1 is 1.24 bits per heavy atom. The van der Waals surface area contributed by atoms with Crippen LogP contribution in [0.1, 0.15) is 29.8 Å². The van der Waals surface area contributed by atoms with E-state index in [0.717, 1.165) is 30.3 Å². The predicted molar refractivity (Wildman–Crippen MR) is 69.8 cm³/mol. The number of carboxylic acid groups (broad SMARTS) is 1. The fourth-order valence-electron chi connectivity index (χ4n) is 1.55. The van der Waals surface area contributed by atoms with Gasteiger partial charge in [-0.15, -0.1) is 0 Å². The lowest BCUT2D eigenvalue weighted by atomic mass is 10.1. The maximum absolute atomic E-state index is 12.4. The van der Waals surface area contributed by atoms with Gasteiger partial charge >= 0.3 is 12.1 Å². The molecule has 0 aliphatic rings. The first-order valence-electron chi connectivity index (χ1n) is 6.00. The summed E-state index contributed by atoms with van der Waals surface area (Å²) in [6, 6.07) is 2.93. The predicted octanol–water partition coefficient (Wildman–Crippen LogP) is 2.85. The average molecular weight is 301 g/mol. The highest BCUT2D eigenvalue weighted by molar-refractivity contribution is 6.04. The first-order chi connectivity index (χ1) is 9.61. The largest absolute Gasteiger partial charge is 0.480 e. The molecule has 0 aliphatic carbocycles. The molecule has 0 aliphatic heterocycles. The van der Waals surface area contributed by atoms with E-state index in [-0.39, 0.29) is 5.56 Å². The minimum Gasteiger partial charge on any atom is -0.480 e. The first-order valence-corrected chi connectivity index (χ1v) is 6.00. The van der Waals surface area contributed by atoms with E-state index in [9.17, 15) is 22.8 Å². The maximum atomic E-state index is 12.4. The van der Waals surface area contributed by atoms with E-state index in [1.807, 2.05) is 0 Å². The number of carbonyl (C=O) groups is 2. The minimum absolute atomic E-state index is 0.0899. The third-order valence-corrected chi connectivity index (χ3v) is 2.66. The molecule has 0 fully saturated rings. The number of aliphatic carboxylic acids is 1. The highest BCUT2D eigenvalue weighted by Gasteiger charge is 2.30. The van der Waals surface area contributed by atoms with Gasteiger partial charge in [0.25, 0.3) is 0 Å². The summed E-state index contributed by atoms with van der Waals surface area (Å²) in [5.74, 6) is -1.59. The number of carbonyl (C=O) groups excluding carboxylic acids is 1. The van der Waals surface area contributed by atoms with Crippen molar-refractivity contribution in [3.63, 3.8) is 0 Å². The number of halogens is 3. The van der Waals surface area contributed by atoms with E-state index < -0.39 is 29.5 Å². The van der Waals surface area contributed by atoms with Crippen LogP contribution in [0, 0.1) is 0 Å². The van der Waals surface area contributed by atoms with Crippen molar-refractivity contribution in [3.05, 3.63) is 47.2 Å².